The molecule has 4 rings (SSSR count). The molecule has 116 valence electrons. The fourth-order valence-corrected chi connectivity index (χ4v) is 4.32. The van der Waals surface area contributed by atoms with Gasteiger partial charge in [-0.05, 0) is 29.7 Å². The second kappa shape index (κ2) is 4.40. The molecule has 1 aromatic heterocycles. The molecule has 2 aliphatic rings. The first-order valence-electron chi connectivity index (χ1n) is 8.75. The molecule has 0 unspecified atom stereocenters. The lowest BCUT2D eigenvalue weighted by Crippen LogP contribution is -2.27. The Hall–Kier alpha value is -1.25. The SMILES string of the molecule is Cn1nc(C2CC2)c2cc(B3CC(C)(C)C(C)(C)C3)ccc21. The molecular formula is C19H27BN2. The zero-order chi connectivity index (χ0) is 15.7. The van der Waals surface area contributed by atoms with Crippen molar-refractivity contribution in [2.45, 2.75) is 59.1 Å². The molecule has 0 N–H and O–H groups in total. The minimum atomic E-state index is 0.418. The number of nitrogens with zero attached hydrogens (tertiary/aromatic N) is 2. The van der Waals surface area contributed by atoms with E-state index in [-0.39, 0.29) is 0 Å². The van der Waals surface area contributed by atoms with Gasteiger partial charge in [0.05, 0.1) is 11.2 Å². The van der Waals surface area contributed by atoms with Crippen molar-refractivity contribution in [2.24, 2.45) is 17.9 Å². The Bertz CT molecular complexity index is 721. The summed E-state index contributed by atoms with van der Waals surface area (Å²) in [5, 5.41) is 6.20. The van der Waals surface area contributed by atoms with Crippen molar-refractivity contribution in [1.82, 2.24) is 9.78 Å². The smallest absolute Gasteiger partial charge is 0.177 e. The summed E-state index contributed by atoms with van der Waals surface area (Å²) in [4.78, 5) is 0. The lowest BCUT2D eigenvalue weighted by molar-refractivity contribution is 0.177. The summed E-state index contributed by atoms with van der Waals surface area (Å²) in [5.41, 5.74) is 5.00. The van der Waals surface area contributed by atoms with Gasteiger partial charge < -0.3 is 0 Å². The maximum absolute atomic E-state index is 4.79. The topological polar surface area (TPSA) is 17.8 Å². The average Bonchev–Trinajstić information content (AvgIpc) is 3.18. The van der Waals surface area contributed by atoms with Crippen LogP contribution in [0.4, 0.5) is 0 Å². The fraction of sp³-hybridized carbons (Fsp3) is 0.632. The molecule has 2 nitrogen and oxygen atoms in total. The highest BCUT2D eigenvalue weighted by atomic mass is 15.3. The third-order valence-corrected chi connectivity index (χ3v) is 6.68. The summed E-state index contributed by atoms with van der Waals surface area (Å²) < 4.78 is 2.06. The number of fused-ring (bicyclic) bond motifs is 1. The zero-order valence-electron chi connectivity index (χ0n) is 14.6. The second-order valence-electron chi connectivity index (χ2n) is 8.93. The van der Waals surface area contributed by atoms with Crippen LogP contribution < -0.4 is 5.46 Å². The molecule has 0 spiro atoms. The first kappa shape index (κ1) is 14.4. The van der Waals surface area contributed by atoms with Crippen LogP contribution in [0.5, 0.6) is 0 Å². The van der Waals surface area contributed by atoms with Crippen LogP contribution >= 0.6 is 0 Å². The van der Waals surface area contributed by atoms with Crippen molar-refractivity contribution in [3.05, 3.63) is 23.9 Å². The van der Waals surface area contributed by atoms with Crippen molar-refractivity contribution < 1.29 is 0 Å². The highest BCUT2D eigenvalue weighted by Crippen LogP contribution is 2.52. The van der Waals surface area contributed by atoms with Crippen LogP contribution in [0.2, 0.25) is 12.6 Å². The standard InChI is InChI=1S/C19H27BN2/c1-18(2)11-20(12-19(18,3)4)14-8-9-16-15(10-14)17(13-6-7-13)21-22(16)5/h8-10,13H,6-7,11-12H2,1-5H3. The van der Waals surface area contributed by atoms with Crippen LogP contribution in [0, 0.1) is 10.8 Å². The molecular weight excluding hydrogens is 267 g/mol. The van der Waals surface area contributed by atoms with Crippen molar-refractivity contribution in [3.63, 3.8) is 0 Å². The van der Waals surface area contributed by atoms with E-state index < -0.39 is 0 Å². The molecule has 3 heteroatoms. The van der Waals surface area contributed by atoms with E-state index in [9.17, 15) is 0 Å². The molecule has 0 bridgehead atoms. The van der Waals surface area contributed by atoms with Crippen LogP contribution in [0.15, 0.2) is 18.2 Å². The monoisotopic (exact) mass is 294 g/mol. The number of aromatic nitrogens is 2. The Morgan fingerprint density at radius 1 is 1.09 bits per heavy atom. The van der Waals surface area contributed by atoms with Gasteiger partial charge in [-0.1, -0.05) is 57.9 Å². The van der Waals surface area contributed by atoms with Crippen LogP contribution in [0.3, 0.4) is 0 Å². The van der Waals surface area contributed by atoms with Crippen molar-refractivity contribution in [3.8, 4) is 0 Å². The van der Waals surface area contributed by atoms with Crippen LogP contribution in [-0.4, -0.2) is 16.5 Å². The Morgan fingerprint density at radius 3 is 2.32 bits per heavy atom. The minimum absolute atomic E-state index is 0.418. The van der Waals surface area contributed by atoms with Crippen LogP contribution in [0.25, 0.3) is 10.9 Å². The second-order valence-corrected chi connectivity index (χ2v) is 8.93. The van der Waals surface area contributed by atoms with E-state index in [1.54, 1.807) is 0 Å². The molecule has 0 amide bonds. The van der Waals surface area contributed by atoms with Crippen molar-refractivity contribution in [2.75, 3.05) is 0 Å². The third kappa shape index (κ3) is 2.05. The van der Waals surface area contributed by atoms with E-state index in [0.29, 0.717) is 17.5 Å². The van der Waals surface area contributed by atoms with Gasteiger partial charge in [0.15, 0.2) is 6.71 Å². The normalized spacial score (nSPS) is 23.4. The molecule has 1 saturated carbocycles. The van der Waals surface area contributed by atoms with Crippen molar-refractivity contribution in [1.29, 1.82) is 0 Å². The summed E-state index contributed by atoms with van der Waals surface area (Å²) in [5.74, 6) is 0.718. The van der Waals surface area contributed by atoms with Gasteiger partial charge in [-0.3, -0.25) is 4.68 Å². The zero-order valence-corrected chi connectivity index (χ0v) is 14.6. The predicted molar refractivity (Wildman–Crippen MR) is 95.3 cm³/mol. The van der Waals surface area contributed by atoms with Gasteiger partial charge >= 0.3 is 0 Å². The van der Waals surface area contributed by atoms with Gasteiger partial charge in [-0.25, -0.2) is 0 Å². The molecule has 2 fully saturated rings. The Balaban J connectivity index is 1.76. The first-order valence-corrected chi connectivity index (χ1v) is 8.75. The Morgan fingerprint density at radius 2 is 1.73 bits per heavy atom. The third-order valence-electron chi connectivity index (χ3n) is 6.68. The lowest BCUT2D eigenvalue weighted by Gasteiger charge is -2.35. The highest BCUT2D eigenvalue weighted by molar-refractivity contribution is 6.74. The molecule has 0 atom stereocenters. The maximum Gasteiger partial charge on any atom is 0.177 e. The Labute approximate surface area is 134 Å². The number of hydrogen-bond donors (Lipinski definition) is 0. The van der Waals surface area contributed by atoms with E-state index in [1.165, 1.54) is 47.5 Å². The highest BCUT2D eigenvalue weighted by Gasteiger charge is 2.48. The van der Waals surface area contributed by atoms with Gasteiger partial charge in [-0.15, -0.1) is 0 Å². The van der Waals surface area contributed by atoms with E-state index in [4.69, 9.17) is 5.10 Å². The average molecular weight is 294 g/mol. The van der Waals surface area contributed by atoms with E-state index in [2.05, 4.69) is 57.6 Å². The summed E-state index contributed by atoms with van der Waals surface area (Å²) in [6, 6.07) is 7.10. The number of rotatable bonds is 2. The lowest BCUT2D eigenvalue weighted by atomic mass is 9.42. The molecule has 2 aromatic rings. The maximum atomic E-state index is 4.79. The van der Waals surface area contributed by atoms with Crippen molar-refractivity contribution >= 4 is 23.1 Å². The van der Waals surface area contributed by atoms with Gasteiger partial charge in [0.1, 0.15) is 0 Å². The first-order chi connectivity index (χ1) is 10.3. The number of hydrogen-bond acceptors (Lipinski definition) is 1. The summed E-state index contributed by atoms with van der Waals surface area (Å²) in [7, 11) is 2.08. The summed E-state index contributed by atoms with van der Waals surface area (Å²) in [6.07, 6.45) is 5.23. The fourth-order valence-electron chi connectivity index (χ4n) is 4.32. The van der Waals surface area contributed by atoms with Crippen LogP contribution in [0.1, 0.15) is 52.1 Å². The van der Waals surface area contributed by atoms with E-state index >= 15 is 0 Å². The molecule has 1 saturated heterocycles. The van der Waals surface area contributed by atoms with Gasteiger partial charge in [0.25, 0.3) is 0 Å². The number of aryl methyl sites for hydroxylation is 1. The molecule has 1 aliphatic heterocycles. The molecule has 22 heavy (non-hydrogen) atoms. The Kier molecular flexibility index (Phi) is 2.87. The van der Waals surface area contributed by atoms with Crippen LogP contribution in [-0.2, 0) is 7.05 Å². The predicted octanol–water partition coefficient (Wildman–Crippen LogP) is 4.22. The molecule has 1 aromatic carbocycles. The number of benzene rings is 1. The molecule has 1 aliphatic carbocycles. The summed E-state index contributed by atoms with van der Waals surface area (Å²) >= 11 is 0. The van der Waals surface area contributed by atoms with Gasteiger partial charge in [0, 0.05) is 18.4 Å². The van der Waals surface area contributed by atoms with E-state index in [0.717, 1.165) is 5.92 Å². The quantitative estimate of drug-likeness (QED) is 0.758. The minimum Gasteiger partial charge on any atom is -0.268 e. The molecule has 0 radical (unpaired) electrons. The van der Waals surface area contributed by atoms with Gasteiger partial charge in [-0.2, -0.15) is 5.10 Å². The summed E-state index contributed by atoms with van der Waals surface area (Å²) in [6.45, 7) is 10.4. The largest absolute Gasteiger partial charge is 0.268 e. The van der Waals surface area contributed by atoms with E-state index in [1.807, 2.05) is 0 Å². The molecule has 2 heterocycles. The van der Waals surface area contributed by atoms with Gasteiger partial charge in [0.2, 0.25) is 0 Å².